The van der Waals surface area contributed by atoms with Gasteiger partial charge in [-0.3, -0.25) is 0 Å². The largest absolute Gasteiger partial charge is 0.374 e. The minimum Gasteiger partial charge on any atom is -0.374 e. The van der Waals surface area contributed by atoms with Gasteiger partial charge in [0, 0.05) is 18.8 Å². The highest BCUT2D eigenvalue weighted by atomic mass is 15.2. The molecule has 3 aliphatic heterocycles. The summed E-state index contributed by atoms with van der Waals surface area (Å²) < 4.78 is 0. The van der Waals surface area contributed by atoms with Crippen LogP contribution in [0.2, 0.25) is 0 Å². The molecule has 3 heterocycles. The highest BCUT2D eigenvalue weighted by molar-refractivity contribution is 5.52. The van der Waals surface area contributed by atoms with Crippen molar-refractivity contribution >= 4 is 6.08 Å². The monoisotopic (exact) mass is 227 g/mol. The van der Waals surface area contributed by atoms with E-state index in [2.05, 4.69) is 48.2 Å². The van der Waals surface area contributed by atoms with Gasteiger partial charge in [-0.1, -0.05) is 43.7 Å². The molecular weight excluding hydrogens is 206 g/mol. The average Bonchev–Trinajstić information content (AvgIpc) is 2.40. The summed E-state index contributed by atoms with van der Waals surface area (Å²) in [6.45, 7) is 4.91. The number of piperidine rings is 3. The Morgan fingerprint density at radius 1 is 1.29 bits per heavy atom. The second kappa shape index (κ2) is 4.56. The maximum absolute atomic E-state index is 2.61. The average molecular weight is 227 g/mol. The quantitative estimate of drug-likeness (QED) is 0.743. The molecular formula is C16H21N. The molecule has 0 unspecified atom stereocenters. The lowest BCUT2D eigenvalue weighted by atomic mass is 9.76. The summed E-state index contributed by atoms with van der Waals surface area (Å²) in [5.74, 6) is 1.89. The molecule has 1 aromatic rings. The van der Waals surface area contributed by atoms with Gasteiger partial charge in [-0.2, -0.15) is 0 Å². The van der Waals surface area contributed by atoms with Crippen LogP contribution in [0.4, 0.5) is 0 Å². The van der Waals surface area contributed by atoms with Crippen molar-refractivity contribution in [2.45, 2.75) is 26.2 Å². The molecule has 4 rings (SSSR count). The lowest BCUT2D eigenvalue weighted by Crippen LogP contribution is -2.45. The van der Waals surface area contributed by atoms with Gasteiger partial charge in [-0.15, -0.1) is 0 Å². The van der Waals surface area contributed by atoms with Gasteiger partial charge in [0.15, 0.2) is 0 Å². The van der Waals surface area contributed by atoms with Crippen molar-refractivity contribution in [1.82, 2.24) is 4.90 Å². The number of fused-ring (bicyclic) bond motifs is 3. The molecule has 0 N–H and O–H groups in total. The van der Waals surface area contributed by atoms with Crippen molar-refractivity contribution in [2.75, 3.05) is 13.1 Å². The van der Waals surface area contributed by atoms with Crippen molar-refractivity contribution in [3.05, 3.63) is 41.6 Å². The van der Waals surface area contributed by atoms with E-state index in [4.69, 9.17) is 0 Å². The van der Waals surface area contributed by atoms with Crippen LogP contribution in [0, 0.1) is 11.8 Å². The minimum absolute atomic E-state index is 0.941. The zero-order valence-corrected chi connectivity index (χ0v) is 10.6. The molecule has 3 aliphatic rings. The molecule has 0 saturated carbocycles. The summed E-state index contributed by atoms with van der Waals surface area (Å²) in [6.07, 6.45) is 6.44. The van der Waals surface area contributed by atoms with Crippen LogP contribution in [0.15, 0.2) is 36.0 Å². The second-order valence-electron chi connectivity index (χ2n) is 5.41. The summed E-state index contributed by atoms with van der Waals surface area (Å²) in [5.41, 5.74) is 2.92. The first kappa shape index (κ1) is 10.9. The van der Waals surface area contributed by atoms with Crippen molar-refractivity contribution < 1.29 is 0 Å². The Morgan fingerprint density at radius 3 is 2.76 bits per heavy atom. The zero-order chi connectivity index (χ0) is 11.7. The van der Waals surface area contributed by atoms with Crippen molar-refractivity contribution in [1.29, 1.82) is 0 Å². The second-order valence-corrected chi connectivity index (χ2v) is 5.41. The third kappa shape index (κ3) is 2.11. The Kier molecular flexibility index (Phi) is 2.92. The molecule has 0 spiro atoms. The van der Waals surface area contributed by atoms with Crippen molar-refractivity contribution in [3.8, 4) is 0 Å². The zero-order valence-electron chi connectivity index (χ0n) is 10.6. The summed E-state index contributed by atoms with van der Waals surface area (Å²) in [5, 5.41) is 0. The Bertz CT molecular complexity index is 407. The predicted molar refractivity (Wildman–Crippen MR) is 72.5 cm³/mol. The van der Waals surface area contributed by atoms with Crippen LogP contribution in [-0.2, 0) is 0 Å². The van der Waals surface area contributed by atoms with E-state index in [1.165, 1.54) is 37.9 Å². The highest BCUT2D eigenvalue weighted by Gasteiger charge is 2.35. The molecule has 0 amide bonds. The lowest BCUT2D eigenvalue weighted by Gasteiger charge is -2.47. The number of rotatable bonds is 2. The van der Waals surface area contributed by atoms with E-state index < -0.39 is 0 Å². The first-order valence-electron chi connectivity index (χ1n) is 6.87. The van der Waals surface area contributed by atoms with Crippen molar-refractivity contribution in [3.63, 3.8) is 0 Å². The van der Waals surface area contributed by atoms with E-state index >= 15 is 0 Å². The van der Waals surface area contributed by atoms with Gasteiger partial charge in [-0.25, -0.2) is 0 Å². The fourth-order valence-electron chi connectivity index (χ4n) is 3.36. The first-order valence-corrected chi connectivity index (χ1v) is 6.87. The lowest BCUT2D eigenvalue weighted by molar-refractivity contribution is 0.0903. The molecule has 3 fully saturated rings. The summed E-state index contributed by atoms with van der Waals surface area (Å²) in [6, 6.07) is 10.7. The van der Waals surface area contributed by atoms with Gasteiger partial charge in [0.2, 0.25) is 0 Å². The van der Waals surface area contributed by atoms with Gasteiger partial charge in [0.1, 0.15) is 0 Å². The predicted octanol–water partition coefficient (Wildman–Crippen LogP) is 3.78. The molecule has 3 saturated heterocycles. The molecule has 2 atom stereocenters. The number of allylic oxidation sites excluding steroid dienone is 1. The maximum Gasteiger partial charge on any atom is 0.0206 e. The van der Waals surface area contributed by atoms with E-state index in [9.17, 15) is 0 Å². The van der Waals surface area contributed by atoms with Crippen LogP contribution < -0.4 is 0 Å². The molecule has 90 valence electrons. The SMILES string of the molecule is CC[C@H]1CN2CC[C@H]1C/C2=C/c1ccccc1. The van der Waals surface area contributed by atoms with E-state index in [0.717, 1.165) is 11.8 Å². The minimum atomic E-state index is 0.941. The maximum atomic E-state index is 2.61. The van der Waals surface area contributed by atoms with Crippen LogP contribution >= 0.6 is 0 Å². The van der Waals surface area contributed by atoms with Crippen molar-refractivity contribution in [2.24, 2.45) is 11.8 Å². The molecule has 17 heavy (non-hydrogen) atoms. The normalized spacial score (nSPS) is 29.9. The molecule has 0 aromatic heterocycles. The van der Waals surface area contributed by atoms with E-state index in [1.54, 1.807) is 5.70 Å². The number of hydrogen-bond donors (Lipinski definition) is 0. The number of hydrogen-bond acceptors (Lipinski definition) is 1. The molecule has 1 heteroatoms. The molecule has 1 nitrogen and oxygen atoms in total. The Balaban J connectivity index is 1.81. The Hall–Kier alpha value is -1.24. The number of nitrogens with zero attached hydrogens (tertiary/aromatic N) is 1. The summed E-state index contributed by atoms with van der Waals surface area (Å²) in [7, 11) is 0. The standard InChI is InChI=1S/C16H21N/c1-2-14-12-17-9-8-15(14)11-16(17)10-13-6-4-3-5-7-13/h3-7,10,14-15H,2,8-9,11-12H2,1H3/b16-10-/t14-,15-/m0/s1. The fourth-order valence-corrected chi connectivity index (χ4v) is 3.36. The van der Waals surface area contributed by atoms with Gasteiger partial charge in [-0.05, 0) is 36.3 Å². The first-order chi connectivity index (χ1) is 8.36. The molecule has 1 aromatic carbocycles. The summed E-state index contributed by atoms with van der Waals surface area (Å²) in [4.78, 5) is 2.61. The number of benzene rings is 1. The third-order valence-corrected chi connectivity index (χ3v) is 4.43. The van der Waals surface area contributed by atoms with Gasteiger partial charge >= 0.3 is 0 Å². The third-order valence-electron chi connectivity index (χ3n) is 4.43. The van der Waals surface area contributed by atoms with Gasteiger partial charge < -0.3 is 4.90 Å². The Labute approximate surface area is 104 Å². The molecule has 2 bridgehead atoms. The van der Waals surface area contributed by atoms with Crippen LogP contribution in [-0.4, -0.2) is 18.0 Å². The Morgan fingerprint density at radius 2 is 2.12 bits per heavy atom. The van der Waals surface area contributed by atoms with E-state index in [-0.39, 0.29) is 0 Å². The van der Waals surface area contributed by atoms with Crippen LogP contribution in [0.3, 0.4) is 0 Å². The highest BCUT2D eigenvalue weighted by Crippen LogP contribution is 2.40. The smallest absolute Gasteiger partial charge is 0.0206 e. The van der Waals surface area contributed by atoms with Gasteiger partial charge in [0.05, 0.1) is 0 Å². The molecule has 0 aliphatic carbocycles. The fraction of sp³-hybridized carbons (Fsp3) is 0.500. The van der Waals surface area contributed by atoms with E-state index in [0.29, 0.717) is 0 Å². The van der Waals surface area contributed by atoms with E-state index in [1.807, 2.05) is 0 Å². The summed E-state index contributed by atoms with van der Waals surface area (Å²) >= 11 is 0. The van der Waals surface area contributed by atoms with Crippen LogP contribution in [0.5, 0.6) is 0 Å². The van der Waals surface area contributed by atoms with Crippen LogP contribution in [0.1, 0.15) is 31.7 Å². The molecule has 0 radical (unpaired) electrons. The van der Waals surface area contributed by atoms with Crippen LogP contribution in [0.25, 0.3) is 6.08 Å². The van der Waals surface area contributed by atoms with Gasteiger partial charge in [0.25, 0.3) is 0 Å². The topological polar surface area (TPSA) is 3.24 Å².